The predicted octanol–water partition coefficient (Wildman–Crippen LogP) is 3.77. The van der Waals surface area contributed by atoms with Crippen LogP contribution >= 0.6 is 0 Å². The zero-order chi connectivity index (χ0) is 14.5. The molecule has 0 atom stereocenters. The quantitative estimate of drug-likeness (QED) is 0.879. The summed E-state index contributed by atoms with van der Waals surface area (Å²) in [6, 6.07) is 10.7. The molecule has 2 rings (SSSR count). The number of rotatable bonds is 5. The molecule has 0 aromatic heterocycles. The van der Waals surface area contributed by atoms with E-state index in [0.29, 0.717) is 5.92 Å². The van der Waals surface area contributed by atoms with E-state index >= 15 is 0 Å². The second-order valence-corrected chi connectivity index (χ2v) is 6.61. The van der Waals surface area contributed by atoms with Gasteiger partial charge in [0, 0.05) is 18.6 Å². The first kappa shape index (κ1) is 15.5. The van der Waals surface area contributed by atoms with Crippen LogP contribution in [0, 0.1) is 0 Å². The summed E-state index contributed by atoms with van der Waals surface area (Å²) in [4.78, 5) is 2.54. The Balaban J connectivity index is 1.86. The molecule has 1 fully saturated rings. The Morgan fingerprint density at radius 1 is 1.10 bits per heavy atom. The molecule has 1 aromatic carbocycles. The van der Waals surface area contributed by atoms with Gasteiger partial charge in [-0.3, -0.25) is 4.90 Å². The lowest BCUT2D eigenvalue weighted by atomic mass is 9.90. The molecule has 20 heavy (non-hydrogen) atoms. The Bertz CT molecular complexity index is 388. The Morgan fingerprint density at radius 2 is 1.70 bits per heavy atom. The molecular weight excluding hydrogens is 244 g/mol. The molecule has 1 aliphatic carbocycles. The standard InChI is InChI=1S/C18H30N2/c1-14(2)16-7-5-15(6-8-16)13-20(4)18-11-9-17(19-3)10-12-18/h5-8,14,17-19H,9-13H2,1-4H3. The second kappa shape index (κ2) is 7.24. The Kier molecular flexibility index (Phi) is 5.62. The van der Waals surface area contributed by atoms with Crippen molar-refractivity contribution in [2.75, 3.05) is 14.1 Å². The summed E-state index contributed by atoms with van der Waals surface area (Å²) < 4.78 is 0. The molecule has 1 saturated carbocycles. The van der Waals surface area contributed by atoms with Gasteiger partial charge in [-0.25, -0.2) is 0 Å². The Labute approximate surface area is 124 Å². The zero-order valence-electron chi connectivity index (χ0n) is 13.5. The zero-order valence-corrected chi connectivity index (χ0v) is 13.5. The van der Waals surface area contributed by atoms with E-state index in [0.717, 1.165) is 18.6 Å². The lowest BCUT2D eigenvalue weighted by Crippen LogP contribution is -2.39. The Morgan fingerprint density at radius 3 is 2.20 bits per heavy atom. The van der Waals surface area contributed by atoms with Crippen LogP contribution in [0.25, 0.3) is 0 Å². The van der Waals surface area contributed by atoms with Crippen molar-refractivity contribution in [3.63, 3.8) is 0 Å². The molecule has 0 bridgehead atoms. The number of nitrogens with zero attached hydrogens (tertiary/aromatic N) is 1. The third kappa shape index (κ3) is 4.07. The maximum atomic E-state index is 3.41. The minimum atomic E-state index is 0.624. The molecule has 1 N–H and O–H groups in total. The highest BCUT2D eigenvalue weighted by molar-refractivity contribution is 5.24. The highest BCUT2D eigenvalue weighted by atomic mass is 15.1. The highest BCUT2D eigenvalue weighted by Crippen LogP contribution is 2.23. The van der Waals surface area contributed by atoms with Gasteiger partial charge in [0.1, 0.15) is 0 Å². The highest BCUT2D eigenvalue weighted by Gasteiger charge is 2.22. The van der Waals surface area contributed by atoms with Crippen LogP contribution in [0.15, 0.2) is 24.3 Å². The molecule has 1 aromatic rings. The SMILES string of the molecule is CNC1CCC(N(C)Cc2ccc(C(C)C)cc2)CC1. The van der Waals surface area contributed by atoms with E-state index in [1.807, 2.05) is 0 Å². The summed E-state index contributed by atoms with van der Waals surface area (Å²) in [6.45, 7) is 5.58. The molecule has 0 amide bonds. The van der Waals surface area contributed by atoms with Gasteiger partial charge in [0.25, 0.3) is 0 Å². The molecule has 0 radical (unpaired) electrons. The summed E-state index contributed by atoms with van der Waals surface area (Å²) in [6.07, 6.45) is 5.29. The van der Waals surface area contributed by atoms with Crippen LogP contribution in [-0.4, -0.2) is 31.1 Å². The molecule has 2 heteroatoms. The third-order valence-electron chi connectivity index (χ3n) is 4.81. The van der Waals surface area contributed by atoms with Gasteiger partial charge in [-0.15, -0.1) is 0 Å². The molecule has 0 spiro atoms. The number of benzene rings is 1. The minimum absolute atomic E-state index is 0.624. The maximum Gasteiger partial charge on any atom is 0.0233 e. The Hall–Kier alpha value is -0.860. The van der Waals surface area contributed by atoms with Crippen molar-refractivity contribution in [3.8, 4) is 0 Å². The van der Waals surface area contributed by atoms with E-state index < -0.39 is 0 Å². The fourth-order valence-electron chi connectivity index (χ4n) is 3.23. The van der Waals surface area contributed by atoms with Gasteiger partial charge < -0.3 is 5.32 Å². The van der Waals surface area contributed by atoms with Gasteiger partial charge in [-0.2, -0.15) is 0 Å². The first-order valence-electron chi connectivity index (χ1n) is 8.06. The predicted molar refractivity (Wildman–Crippen MR) is 87.1 cm³/mol. The smallest absolute Gasteiger partial charge is 0.0233 e. The third-order valence-corrected chi connectivity index (χ3v) is 4.81. The van der Waals surface area contributed by atoms with Crippen molar-refractivity contribution in [1.82, 2.24) is 10.2 Å². The van der Waals surface area contributed by atoms with Gasteiger partial charge in [-0.05, 0) is 56.8 Å². The van der Waals surface area contributed by atoms with Gasteiger partial charge in [0.2, 0.25) is 0 Å². The van der Waals surface area contributed by atoms with Gasteiger partial charge in [0.15, 0.2) is 0 Å². The molecule has 112 valence electrons. The van der Waals surface area contributed by atoms with Gasteiger partial charge in [-0.1, -0.05) is 38.1 Å². The van der Waals surface area contributed by atoms with E-state index in [1.54, 1.807) is 0 Å². The summed E-state index contributed by atoms with van der Waals surface area (Å²) in [5.41, 5.74) is 2.87. The molecule has 0 heterocycles. The lowest BCUT2D eigenvalue weighted by Gasteiger charge is -2.34. The van der Waals surface area contributed by atoms with Gasteiger partial charge >= 0.3 is 0 Å². The normalized spacial score (nSPS) is 23.5. The molecular formula is C18H30N2. The van der Waals surface area contributed by atoms with Crippen LogP contribution < -0.4 is 5.32 Å². The summed E-state index contributed by atoms with van der Waals surface area (Å²) >= 11 is 0. The van der Waals surface area contributed by atoms with Crippen molar-refractivity contribution in [1.29, 1.82) is 0 Å². The van der Waals surface area contributed by atoms with Crippen LogP contribution in [0.5, 0.6) is 0 Å². The van der Waals surface area contributed by atoms with Crippen LogP contribution in [0.4, 0.5) is 0 Å². The van der Waals surface area contributed by atoms with E-state index in [-0.39, 0.29) is 0 Å². The average Bonchev–Trinajstić information content (AvgIpc) is 2.48. The van der Waals surface area contributed by atoms with Crippen LogP contribution in [0.1, 0.15) is 56.6 Å². The molecule has 1 aliphatic rings. The maximum absolute atomic E-state index is 3.41. The van der Waals surface area contributed by atoms with Crippen molar-refractivity contribution < 1.29 is 0 Å². The topological polar surface area (TPSA) is 15.3 Å². The van der Waals surface area contributed by atoms with Crippen LogP contribution in [-0.2, 0) is 6.54 Å². The second-order valence-electron chi connectivity index (χ2n) is 6.61. The average molecular weight is 274 g/mol. The largest absolute Gasteiger partial charge is 0.317 e. The fourth-order valence-corrected chi connectivity index (χ4v) is 3.23. The van der Waals surface area contributed by atoms with E-state index in [9.17, 15) is 0 Å². The number of hydrogen-bond acceptors (Lipinski definition) is 2. The fraction of sp³-hybridized carbons (Fsp3) is 0.667. The molecule has 0 saturated heterocycles. The minimum Gasteiger partial charge on any atom is -0.317 e. The molecule has 0 aliphatic heterocycles. The van der Waals surface area contributed by atoms with Crippen molar-refractivity contribution in [2.24, 2.45) is 0 Å². The van der Waals surface area contributed by atoms with E-state index in [1.165, 1.54) is 36.8 Å². The number of nitrogens with one attached hydrogen (secondary N) is 1. The first-order valence-corrected chi connectivity index (χ1v) is 8.06. The monoisotopic (exact) mass is 274 g/mol. The lowest BCUT2D eigenvalue weighted by molar-refractivity contribution is 0.170. The van der Waals surface area contributed by atoms with Crippen molar-refractivity contribution in [3.05, 3.63) is 35.4 Å². The first-order chi connectivity index (χ1) is 9.60. The summed E-state index contributed by atoms with van der Waals surface area (Å²) in [5.74, 6) is 0.624. The molecule has 0 unspecified atom stereocenters. The van der Waals surface area contributed by atoms with Crippen molar-refractivity contribution >= 4 is 0 Å². The van der Waals surface area contributed by atoms with Crippen molar-refractivity contribution in [2.45, 2.75) is 64.1 Å². The summed E-state index contributed by atoms with van der Waals surface area (Å²) in [5, 5.41) is 3.41. The van der Waals surface area contributed by atoms with Crippen LogP contribution in [0.3, 0.4) is 0 Å². The number of hydrogen-bond donors (Lipinski definition) is 1. The molecule has 2 nitrogen and oxygen atoms in total. The summed E-state index contributed by atoms with van der Waals surface area (Å²) in [7, 11) is 4.37. The van der Waals surface area contributed by atoms with E-state index in [4.69, 9.17) is 0 Å². The van der Waals surface area contributed by atoms with Gasteiger partial charge in [0.05, 0.1) is 0 Å². The van der Waals surface area contributed by atoms with E-state index in [2.05, 4.69) is 62.4 Å². The van der Waals surface area contributed by atoms with Crippen LogP contribution in [0.2, 0.25) is 0 Å².